The molecule has 0 spiro atoms. The van der Waals surface area contributed by atoms with Gasteiger partial charge in [0.15, 0.2) is 0 Å². The molecule has 1 aliphatic rings. The largest absolute Gasteiger partial charge is 0.478 e. The van der Waals surface area contributed by atoms with Gasteiger partial charge in [0, 0.05) is 24.6 Å². The van der Waals surface area contributed by atoms with Gasteiger partial charge in [-0.25, -0.2) is 14.8 Å². The Morgan fingerprint density at radius 3 is 2.68 bits per heavy atom. The summed E-state index contributed by atoms with van der Waals surface area (Å²) >= 11 is 0. The Morgan fingerprint density at radius 1 is 1.08 bits per heavy atom. The first kappa shape index (κ1) is 23.9. The lowest BCUT2D eigenvalue weighted by molar-refractivity contribution is -0.131. The van der Waals surface area contributed by atoms with Crippen LogP contribution in [0.2, 0.25) is 0 Å². The predicted octanol–water partition coefficient (Wildman–Crippen LogP) is 6.62. The smallest absolute Gasteiger partial charge is 0.328 e. The summed E-state index contributed by atoms with van der Waals surface area (Å²) in [6, 6.07) is 18.8. The van der Waals surface area contributed by atoms with Crippen molar-refractivity contribution in [2.75, 3.05) is 0 Å². The van der Waals surface area contributed by atoms with Crippen molar-refractivity contribution in [2.45, 2.75) is 46.1 Å². The van der Waals surface area contributed by atoms with Crippen LogP contribution >= 0.6 is 0 Å². The van der Waals surface area contributed by atoms with Gasteiger partial charge in [0.25, 0.3) is 0 Å². The Hall–Kier alpha value is -4.45. The third-order valence-corrected chi connectivity index (χ3v) is 7.32. The molecule has 1 aliphatic carbocycles. The first-order valence-corrected chi connectivity index (χ1v) is 13.1. The highest BCUT2D eigenvalue weighted by Gasteiger charge is 2.20. The van der Waals surface area contributed by atoms with E-state index in [2.05, 4.69) is 59.8 Å². The van der Waals surface area contributed by atoms with Crippen LogP contribution in [0.15, 0.2) is 77.6 Å². The Labute approximate surface area is 221 Å². The van der Waals surface area contributed by atoms with Crippen molar-refractivity contribution in [3.8, 4) is 11.5 Å². The zero-order valence-electron chi connectivity index (χ0n) is 21.6. The van der Waals surface area contributed by atoms with Crippen molar-refractivity contribution in [1.82, 2.24) is 14.5 Å². The average molecular weight is 504 g/mol. The van der Waals surface area contributed by atoms with Gasteiger partial charge < -0.3 is 14.1 Å². The molecule has 2 aromatic heterocycles. The Kier molecular flexibility index (Phi) is 6.16. The lowest BCUT2D eigenvalue weighted by Crippen LogP contribution is -2.06. The number of hydrogen-bond acceptors (Lipinski definition) is 4. The van der Waals surface area contributed by atoms with Crippen LogP contribution in [0, 0.1) is 6.92 Å². The highest BCUT2D eigenvalue weighted by atomic mass is 16.4. The van der Waals surface area contributed by atoms with E-state index in [4.69, 9.17) is 9.40 Å². The first-order chi connectivity index (χ1) is 18.5. The second-order valence-electron chi connectivity index (χ2n) is 9.91. The number of carbonyl (C=O) groups is 1. The molecule has 5 aromatic rings. The third-order valence-electron chi connectivity index (χ3n) is 7.32. The van der Waals surface area contributed by atoms with Gasteiger partial charge in [0.1, 0.15) is 12.1 Å². The van der Waals surface area contributed by atoms with Crippen molar-refractivity contribution in [1.29, 1.82) is 0 Å². The van der Waals surface area contributed by atoms with Crippen LogP contribution in [0.25, 0.3) is 28.1 Å². The van der Waals surface area contributed by atoms with Crippen LogP contribution in [-0.4, -0.2) is 25.6 Å². The number of nitrogens with zero attached hydrogens (tertiary/aromatic N) is 3. The van der Waals surface area contributed by atoms with Crippen molar-refractivity contribution in [3.05, 3.63) is 112 Å². The topological polar surface area (TPSA) is 81.2 Å². The standard InChI is InChI=1S/C32H29N3O3/c1-3-6-29-34-31-20(2)15-24(32-33-13-14-38-32)17-28(31)35(29)19-21-9-12-26-23(16-21)11-10-22-7-4-5-8-25(22)27(26)18-30(36)37/h4-5,7-9,12-18H,3,6,10-11,19H2,1-2H3,(H,36,37)/b27-18+. The van der Waals surface area contributed by atoms with Crippen LogP contribution < -0.4 is 0 Å². The van der Waals surface area contributed by atoms with Gasteiger partial charge in [-0.2, -0.15) is 0 Å². The summed E-state index contributed by atoms with van der Waals surface area (Å²) in [6.45, 7) is 4.93. The fourth-order valence-electron chi connectivity index (χ4n) is 5.61. The number of fused-ring (bicyclic) bond motifs is 3. The Balaban J connectivity index is 1.45. The van der Waals surface area contributed by atoms with Gasteiger partial charge in [-0.1, -0.05) is 49.4 Å². The number of carboxylic acid groups (broad SMARTS) is 1. The van der Waals surface area contributed by atoms with E-state index in [0.29, 0.717) is 12.4 Å². The third kappa shape index (κ3) is 4.32. The van der Waals surface area contributed by atoms with Gasteiger partial charge in [-0.05, 0) is 77.3 Å². The number of aromatic nitrogens is 3. The predicted molar refractivity (Wildman–Crippen MR) is 148 cm³/mol. The normalized spacial score (nSPS) is 13.9. The monoisotopic (exact) mass is 503 g/mol. The van der Waals surface area contributed by atoms with Crippen molar-refractivity contribution < 1.29 is 14.3 Å². The SMILES string of the molecule is CCCc1nc2c(C)cc(-c3ncco3)cc2n1Cc1ccc2c(c1)CCc1ccccc1/C2=C\C(=O)O. The second kappa shape index (κ2) is 9.78. The maximum atomic E-state index is 11.7. The summed E-state index contributed by atoms with van der Waals surface area (Å²) in [5, 5.41) is 9.63. The number of imidazole rings is 1. The fraction of sp³-hybridized carbons (Fsp3) is 0.219. The number of benzene rings is 3. The van der Waals surface area contributed by atoms with E-state index in [9.17, 15) is 9.90 Å². The summed E-state index contributed by atoms with van der Waals surface area (Å²) in [6.07, 6.45) is 8.22. The maximum Gasteiger partial charge on any atom is 0.328 e. The molecule has 190 valence electrons. The Bertz CT molecular complexity index is 1690. The highest BCUT2D eigenvalue weighted by Crippen LogP contribution is 2.35. The van der Waals surface area contributed by atoms with E-state index in [0.717, 1.165) is 70.4 Å². The highest BCUT2D eigenvalue weighted by molar-refractivity contribution is 5.97. The molecule has 0 radical (unpaired) electrons. The molecule has 0 saturated heterocycles. The van der Waals surface area contributed by atoms with Gasteiger partial charge in [-0.15, -0.1) is 0 Å². The van der Waals surface area contributed by atoms with E-state index in [1.807, 2.05) is 18.2 Å². The maximum absolute atomic E-state index is 11.7. The molecule has 3 aromatic carbocycles. The average Bonchev–Trinajstić information content (AvgIpc) is 3.53. The van der Waals surface area contributed by atoms with Crippen LogP contribution in [0.5, 0.6) is 0 Å². The molecule has 0 unspecified atom stereocenters. The number of rotatable bonds is 6. The molecule has 38 heavy (non-hydrogen) atoms. The molecule has 0 fully saturated rings. The van der Waals surface area contributed by atoms with E-state index in [-0.39, 0.29) is 0 Å². The molecule has 0 atom stereocenters. The molecule has 0 bridgehead atoms. The van der Waals surface area contributed by atoms with Crippen LogP contribution in [-0.2, 0) is 30.6 Å². The number of oxazole rings is 1. The minimum atomic E-state index is -0.932. The van der Waals surface area contributed by atoms with Gasteiger partial charge in [0.05, 0.1) is 17.2 Å². The van der Waals surface area contributed by atoms with E-state index in [1.165, 1.54) is 22.8 Å². The van der Waals surface area contributed by atoms with Gasteiger partial charge in [0.2, 0.25) is 5.89 Å². The van der Waals surface area contributed by atoms with Gasteiger partial charge >= 0.3 is 5.97 Å². The van der Waals surface area contributed by atoms with Crippen LogP contribution in [0.4, 0.5) is 0 Å². The van der Waals surface area contributed by atoms with Crippen LogP contribution in [0.3, 0.4) is 0 Å². The van der Waals surface area contributed by atoms with E-state index >= 15 is 0 Å². The lowest BCUT2D eigenvalue weighted by atomic mass is 9.92. The number of hydrogen-bond donors (Lipinski definition) is 1. The summed E-state index contributed by atoms with van der Waals surface area (Å²) in [5.41, 5.74) is 10.4. The quantitative estimate of drug-likeness (QED) is 0.264. The van der Waals surface area contributed by atoms with Crippen molar-refractivity contribution >= 4 is 22.6 Å². The second-order valence-corrected chi connectivity index (χ2v) is 9.91. The number of carboxylic acids is 1. The zero-order valence-corrected chi connectivity index (χ0v) is 21.6. The summed E-state index contributed by atoms with van der Waals surface area (Å²) in [4.78, 5) is 21.1. The molecular weight excluding hydrogens is 474 g/mol. The molecule has 0 aliphatic heterocycles. The van der Waals surface area contributed by atoms with Crippen LogP contribution in [0.1, 0.15) is 52.5 Å². The molecule has 0 saturated carbocycles. The summed E-state index contributed by atoms with van der Waals surface area (Å²) < 4.78 is 7.89. The lowest BCUT2D eigenvalue weighted by Gasteiger charge is -2.14. The fourth-order valence-corrected chi connectivity index (χ4v) is 5.61. The molecule has 0 amide bonds. The van der Waals surface area contributed by atoms with E-state index < -0.39 is 5.97 Å². The molecule has 6 heteroatoms. The van der Waals surface area contributed by atoms with E-state index in [1.54, 1.807) is 12.5 Å². The molecule has 6 rings (SSSR count). The van der Waals surface area contributed by atoms with Crippen molar-refractivity contribution in [3.63, 3.8) is 0 Å². The molecule has 2 heterocycles. The van der Waals surface area contributed by atoms with Gasteiger partial charge in [-0.3, -0.25) is 0 Å². The number of aryl methyl sites for hydroxylation is 4. The summed E-state index contributed by atoms with van der Waals surface area (Å²) in [7, 11) is 0. The minimum absolute atomic E-state index is 0.599. The van der Waals surface area contributed by atoms with Crippen molar-refractivity contribution in [2.24, 2.45) is 0 Å². The summed E-state index contributed by atoms with van der Waals surface area (Å²) in [5.74, 6) is 0.726. The Morgan fingerprint density at radius 2 is 1.89 bits per heavy atom. The minimum Gasteiger partial charge on any atom is -0.478 e. The number of aliphatic carboxylic acids is 1. The molecular formula is C32H29N3O3. The first-order valence-electron chi connectivity index (χ1n) is 13.1. The zero-order chi connectivity index (χ0) is 26.2. The molecule has 6 nitrogen and oxygen atoms in total. The molecule has 1 N–H and O–H groups in total.